The fourth-order valence-electron chi connectivity index (χ4n) is 3.32. The zero-order valence-electron chi connectivity index (χ0n) is 13.4. The minimum Gasteiger partial charge on any atom is -0.353 e. The molecular formula is C19H25NO2. The summed E-state index contributed by atoms with van der Waals surface area (Å²) in [4.78, 5) is 24.2. The van der Waals surface area contributed by atoms with Crippen LogP contribution in [0.4, 0.5) is 0 Å². The van der Waals surface area contributed by atoms with Gasteiger partial charge in [0.2, 0.25) is 5.91 Å². The number of hydrogen-bond acceptors (Lipinski definition) is 2. The Morgan fingerprint density at radius 3 is 2.59 bits per heavy atom. The molecule has 118 valence electrons. The quantitative estimate of drug-likeness (QED) is 0.818. The molecule has 0 bridgehead atoms. The van der Waals surface area contributed by atoms with Crippen LogP contribution in [-0.4, -0.2) is 17.7 Å². The van der Waals surface area contributed by atoms with E-state index in [0.717, 1.165) is 18.4 Å². The van der Waals surface area contributed by atoms with E-state index < -0.39 is 0 Å². The van der Waals surface area contributed by atoms with Crippen LogP contribution in [0.25, 0.3) is 0 Å². The molecule has 1 saturated carbocycles. The topological polar surface area (TPSA) is 46.2 Å². The molecule has 0 spiro atoms. The first-order chi connectivity index (χ1) is 10.6. The summed E-state index contributed by atoms with van der Waals surface area (Å²) in [6, 6.07) is 6.32. The van der Waals surface area contributed by atoms with Gasteiger partial charge in [0.25, 0.3) is 0 Å². The molecule has 1 N–H and O–H groups in total. The standard InChI is InChI=1S/C19H25NO2/c1-13(14-6-7-14)20-19(22)11-10-18(21)17-9-8-15-4-2-3-5-16(15)12-17/h8-9,12-14H,2-7,10-11H2,1H3,(H,20,22). The Morgan fingerprint density at radius 1 is 1.14 bits per heavy atom. The second-order valence-electron chi connectivity index (χ2n) is 6.81. The Kier molecular flexibility index (Phi) is 4.60. The van der Waals surface area contributed by atoms with Crippen molar-refractivity contribution in [1.82, 2.24) is 5.32 Å². The number of rotatable bonds is 6. The third-order valence-corrected chi connectivity index (χ3v) is 4.97. The second-order valence-corrected chi connectivity index (χ2v) is 6.81. The fourth-order valence-corrected chi connectivity index (χ4v) is 3.32. The summed E-state index contributed by atoms with van der Waals surface area (Å²) in [5.41, 5.74) is 3.48. The van der Waals surface area contributed by atoms with Gasteiger partial charge in [-0.3, -0.25) is 9.59 Å². The van der Waals surface area contributed by atoms with E-state index in [1.165, 1.54) is 36.8 Å². The first-order valence-corrected chi connectivity index (χ1v) is 8.58. The molecular weight excluding hydrogens is 274 g/mol. The molecule has 3 nitrogen and oxygen atoms in total. The SMILES string of the molecule is CC(NC(=O)CCC(=O)c1ccc2c(c1)CCCC2)C1CC1. The first-order valence-electron chi connectivity index (χ1n) is 8.58. The van der Waals surface area contributed by atoms with E-state index in [1.54, 1.807) is 0 Å². The van der Waals surface area contributed by atoms with Gasteiger partial charge in [-0.05, 0) is 68.6 Å². The predicted molar refractivity (Wildman–Crippen MR) is 87.0 cm³/mol. The Bertz CT molecular complexity index is 575. The third kappa shape index (κ3) is 3.76. The van der Waals surface area contributed by atoms with Crippen LogP contribution in [0.5, 0.6) is 0 Å². The molecule has 2 aliphatic carbocycles. The highest BCUT2D eigenvalue weighted by Gasteiger charge is 2.28. The summed E-state index contributed by atoms with van der Waals surface area (Å²) in [5, 5.41) is 3.01. The lowest BCUT2D eigenvalue weighted by atomic mass is 9.89. The molecule has 1 unspecified atom stereocenters. The highest BCUT2D eigenvalue weighted by molar-refractivity contribution is 5.98. The molecule has 0 heterocycles. The van der Waals surface area contributed by atoms with Gasteiger partial charge in [-0.25, -0.2) is 0 Å². The number of Topliss-reactive ketones (excluding diaryl/α,β-unsaturated/α-hetero) is 1. The van der Waals surface area contributed by atoms with Crippen LogP contribution in [0.3, 0.4) is 0 Å². The molecule has 1 aromatic rings. The van der Waals surface area contributed by atoms with Crippen molar-refractivity contribution in [3.8, 4) is 0 Å². The number of carbonyl (C=O) groups excluding carboxylic acids is 2. The lowest BCUT2D eigenvalue weighted by Gasteiger charge is -2.16. The molecule has 3 heteroatoms. The van der Waals surface area contributed by atoms with Crippen molar-refractivity contribution >= 4 is 11.7 Å². The van der Waals surface area contributed by atoms with Crippen LogP contribution >= 0.6 is 0 Å². The van der Waals surface area contributed by atoms with Crippen LogP contribution in [0, 0.1) is 5.92 Å². The minimum absolute atomic E-state index is 0.00529. The number of nitrogens with one attached hydrogen (secondary N) is 1. The smallest absolute Gasteiger partial charge is 0.220 e. The van der Waals surface area contributed by atoms with E-state index in [2.05, 4.69) is 18.3 Å². The molecule has 3 rings (SSSR count). The van der Waals surface area contributed by atoms with Crippen LogP contribution in [0.1, 0.15) is 66.9 Å². The maximum Gasteiger partial charge on any atom is 0.220 e. The average Bonchev–Trinajstić information content (AvgIpc) is 3.37. The molecule has 1 fully saturated rings. The first kappa shape index (κ1) is 15.3. The maximum absolute atomic E-state index is 12.3. The zero-order chi connectivity index (χ0) is 15.5. The van der Waals surface area contributed by atoms with Crippen molar-refractivity contribution < 1.29 is 9.59 Å². The summed E-state index contributed by atoms with van der Waals surface area (Å²) >= 11 is 0. The number of ketones is 1. The van der Waals surface area contributed by atoms with Gasteiger partial charge in [0.15, 0.2) is 5.78 Å². The predicted octanol–water partition coefficient (Wildman–Crippen LogP) is 3.44. The van der Waals surface area contributed by atoms with Gasteiger partial charge in [0.1, 0.15) is 0 Å². The van der Waals surface area contributed by atoms with Crippen molar-refractivity contribution in [3.05, 3.63) is 34.9 Å². The number of benzene rings is 1. The maximum atomic E-state index is 12.3. The lowest BCUT2D eigenvalue weighted by Crippen LogP contribution is -2.34. The number of carbonyl (C=O) groups is 2. The highest BCUT2D eigenvalue weighted by atomic mass is 16.2. The van der Waals surface area contributed by atoms with E-state index in [-0.39, 0.29) is 17.7 Å². The van der Waals surface area contributed by atoms with Gasteiger partial charge in [-0.1, -0.05) is 12.1 Å². The third-order valence-electron chi connectivity index (χ3n) is 4.97. The number of hydrogen-bond donors (Lipinski definition) is 1. The van der Waals surface area contributed by atoms with Gasteiger partial charge in [0, 0.05) is 24.4 Å². The summed E-state index contributed by atoms with van der Waals surface area (Å²) in [6.07, 6.45) is 7.72. The van der Waals surface area contributed by atoms with E-state index in [9.17, 15) is 9.59 Å². The number of fused-ring (bicyclic) bond motifs is 1. The van der Waals surface area contributed by atoms with E-state index in [0.29, 0.717) is 18.8 Å². The van der Waals surface area contributed by atoms with E-state index in [1.807, 2.05) is 12.1 Å². The van der Waals surface area contributed by atoms with Gasteiger partial charge in [0.05, 0.1) is 0 Å². The van der Waals surface area contributed by atoms with Crippen molar-refractivity contribution in [2.45, 2.75) is 64.3 Å². The summed E-state index contributed by atoms with van der Waals surface area (Å²) < 4.78 is 0. The van der Waals surface area contributed by atoms with Crippen molar-refractivity contribution in [1.29, 1.82) is 0 Å². The molecule has 0 aliphatic heterocycles. The zero-order valence-corrected chi connectivity index (χ0v) is 13.4. The largest absolute Gasteiger partial charge is 0.353 e. The van der Waals surface area contributed by atoms with Crippen LogP contribution in [0.15, 0.2) is 18.2 Å². The minimum atomic E-state index is 0.00529. The van der Waals surface area contributed by atoms with Gasteiger partial charge in [-0.2, -0.15) is 0 Å². The van der Waals surface area contributed by atoms with Gasteiger partial charge < -0.3 is 5.32 Å². The molecule has 0 saturated heterocycles. The monoisotopic (exact) mass is 299 g/mol. The highest BCUT2D eigenvalue weighted by Crippen LogP contribution is 2.32. The lowest BCUT2D eigenvalue weighted by molar-refractivity contribution is -0.121. The summed E-state index contributed by atoms with van der Waals surface area (Å²) in [5.74, 6) is 0.744. The fraction of sp³-hybridized carbons (Fsp3) is 0.579. The van der Waals surface area contributed by atoms with E-state index in [4.69, 9.17) is 0 Å². The number of amides is 1. The van der Waals surface area contributed by atoms with Gasteiger partial charge in [-0.15, -0.1) is 0 Å². The summed E-state index contributed by atoms with van der Waals surface area (Å²) in [7, 11) is 0. The normalized spacial score (nSPS) is 18.4. The average molecular weight is 299 g/mol. The Balaban J connectivity index is 1.52. The van der Waals surface area contributed by atoms with Crippen molar-refractivity contribution in [2.75, 3.05) is 0 Å². The van der Waals surface area contributed by atoms with Crippen LogP contribution in [0.2, 0.25) is 0 Å². The second kappa shape index (κ2) is 6.64. The van der Waals surface area contributed by atoms with Gasteiger partial charge >= 0.3 is 0 Å². The number of aryl methyl sites for hydroxylation is 2. The molecule has 1 atom stereocenters. The molecule has 1 aromatic carbocycles. The molecule has 2 aliphatic rings. The Morgan fingerprint density at radius 2 is 1.86 bits per heavy atom. The molecule has 0 aromatic heterocycles. The summed E-state index contributed by atoms with van der Waals surface area (Å²) in [6.45, 7) is 2.06. The van der Waals surface area contributed by atoms with E-state index >= 15 is 0 Å². The van der Waals surface area contributed by atoms with Crippen LogP contribution < -0.4 is 5.32 Å². The Hall–Kier alpha value is -1.64. The van der Waals surface area contributed by atoms with Crippen molar-refractivity contribution in [3.63, 3.8) is 0 Å². The molecule has 22 heavy (non-hydrogen) atoms. The van der Waals surface area contributed by atoms with Crippen molar-refractivity contribution in [2.24, 2.45) is 5.92 Å². The molecule has 0 radical (unpaired) electrons. The molecule has 1 amide bonds. The van der Waals surface area contributed by atoms with Crippen LogP contribution in [-0.2, 0) is 17.6 Å². The Labute approximate surface area is 132 Å².